The van der Waals surface area contributed by atoms with Gasteiger partial charge in [0.2, 0.25) is 0 Å². The zero-order valence-corrected chi connectivity index (χ0v) is 11.7. The Labute approximate surface area is 121 Å². The van der Waals surface area contributed by atoms with Gasteiger partial charge in [0.15, 0.2) is 0 Å². The highest BCUT2D eigenvalue weighted by Crippen LogP contribution is 2.20. The second kappa shape index (κ2) is 6.39. The zero-order valence-electron chi connectivity index (χ0n) is 10.9. The predicted octanol–water partition coefficient (Wildman–Crippen LogP) is 3.45. The van der Waals surface area contributed by atoms with Gasteiger partial charge in [-0.1, -0.05) is 23.7 Å². The molecule has 2 N–H and O–H groups in total. The summed E-state index contributed by atoms with van der Waals surface area (Å²) in [6.45, 7) is 0.253. The van der Waals surface area contributed by atoms with Gasteiger partial charge in [-0.2, -0.15) is 0 Å². The molecule has 0 fully saturated rings. The van der Waals surface area contributed by atoms with Crippen molar-refractivity contribution < 1.29 is 9.18 Å². The maximum absolute atomic E-state index is 13.6. The molecule has 0 saturated carbocycles. The summed E-state index contributed by atoms with van der Waals surface area (Å²) >= 11 is 5.96. The van der Waals surface area contributed by atoms with Crippen LogP contribution in [0.1, 0.15) is 15.9 Å². The number of carbonyl (C=O) groups is 1. The van der Waals surface area contributed by atoms with Crippen LogP contribution in [0.5, 0.6) is 0 Å². The highest BCUT2D eigenvalue weighted by Gasteiger charge is 2.07. The van der Waals surface area contributed by atoms with Gasteiger partial charge >= 0.3 is 0 Å². The largest absolute Gasteiger partial charge is 0.381 e. The molecule has 0 saturated heterocycles. The van der Waals surface area contributed by atoms with Gasteiger partial charge in [-0.3, -0.25) is 4.79 Å². The molecule has 0 aliphatic carbocycles. The molecule has 0 spiro atoms. The van der Waals surface area contributed by atoms with Crippen molar-refractivity contribution in [2.75, 3.05) is 12.4 Å². The molecule has 104 valence electrons. The highest BCUT2D eigenvalue weighted by atomic mass is 35.5. The Bertz CT molecular complexity index is 611. The molecular formula is C15H14ClFN2O. The van der Waals surface area contributed by atoms with Crippen LogP contribution in [-0.4, -0.2) is 13.0 Å². The summed E-state index contributed by atoms with van der Waals surface area (Å²) in [4.78, 5) is 11.5. The Morgan fingerprint density at radius 2 is 2.00 bits per heavy atom. The smallest absolute Gasteiger partial charge is 0.251 e. The summed E-state index contributed by atoms with van der Waals surface area (Å²) in [6.07, 6.45) is 0. The number of nitrogens with one attached hydrogen (secondary N) is 2. The van der Waals surface area contributed by atoms with Crippen LogP contribution in [0.3, 0.4) is 0 Å². The third kappa shape index (κ3) is 3.27. The molecule has 2 rings (SSSR count). The van der Waals surface area contributed by atoms with Gasteiger partial charge in [0.05, 0.1) is 0 Å². The second-order valence-electron chi connectivity index (χ2n) is 4.21. The van der Waals surface area contributed by atoms with Crippen LogP contribution in [0.25, 0.3) is 0 Å². The minimum absolute atomic E-state index is 0.169. The summed E-state index contributed by atoms with van der Waals surface area (Å²) in [5, 5.41) is 5.99. The van der Waals surface area contributed by atoms with Crippen molar-refractivity contribution >= 4 is 23.2 Å². The molecule has 0 aliphatic rings. The Balaban J connectivity index is 2.13. The molecule has 0 heterocycles. The van der Waals surface area contributed by atoms with Gasteiger partial charge in [0, 0.05) is 35.4 Å². The molecule has 1 amide bonds. The van der Waals surface area contributed by atoms with E-state index in [0.29, 0.717) is 16.1 Å². The summed E-state index contributed by atoms with van der Waals surface area (Å²) in [5.41, 5.74) is 1.67. The summed E-state index contributed by atoms with van der Waals surface area (Å²) in [7, 11) is 1.57. The van der Waals surface area contributed by atoms with Crippen molar-refractivity contribution in [3.05, 3.63) is 64.4 Å². The topological polar surface area (TPSA) is 41.1 Å². The molecule has 0 aromatic heterocycles. The fraction of sp³-hybridized carbons (Fsp3) is 0.133. The van der Waals surface area contributed by atoms with Crippen LogP contribution in [0.4, 0.5) is 10.1 Å². The van der Waals surface area contributed by atoms with Gasteiger partial charge in [-0.15, -0.1) is 0 Å². The molecule has 0 radical (unpaired) electrons. The fourth-order valence-electron chi connectivity index (χ4n) is 1.81. The van der Waals surface area contributed by atoms with E-state index < -0.39 is 0 Å². The van der Waals surface area contributed by atoms with Crippen molar-refractivity contribution in [1.82, 2.24) is 5.32 Å². The molecule has 2 aromatic carbocycles. The standard InChI is InChI=1S/C15H14ClFN2O/c1-18-15(20)10-4-2-5-11(8-10)19-9-12-13(16)6-3-7-14(12)17/h2-8,19H,9H2,1H3,(H,18,20). The lowest BCUT2D eigenvalue weighted by Gasteiger charge is -2.10. The fourth-order valence-corrected chi connectivity index (χ4v) is 2.04. The van der Waals surface area contributed by atoms with E-state index in [0.717, 1.165) is 5.69 Å². The Morgan fingerprint density at radius 1 is 1.25 bits per heavy atom. The van der Waals surface area contributed by atoms with E-state index in [1.807, 2.05) is 0 Å². The van der Waals surface area contributed by atoms with Crippen molar-refractivity contribution in [2.45, 2.75) is 6.54 Å². The van der Waals surface area contributed by atoms with E-state index in [1.165, 1.54) is 6.07 Å². The van der Waals surface area contributed by atoms with Crippen molar-refractivity contribution in [2.24, 2.45) is 0 Å². The van der Waals surface area contributed by atoms with E-state index in [9.17, 15) is 9.18 Å². The first-order chi connectivity index (χ1) is 9.61. The first-order valence-corrected chi connectivity index (χ1v) is 6.48. The molecule has 20 heavy (non-hydrogen) atoms. The Hall–Kier alpha value is -2.07. The number of halogens is 2. The summed E-state index contributed by atoms with van der Waals surface area (Å²) < 4.78 is 13.6. The third-order valence-electron chi connectivity index (χ3n) is 2.88. The number of carbonyl (C=O) groups excluding carboxylic acids is 1. The number of benzene rings is 2. The molecule has 0 bridgehead atoms. The van der Waals surface area contributed by atoms with E-state index in [-0.39, 0.29) is 18.3 Å². The molecule has 0 atom stereocenters. The van der Waals surface area contributed by atoms with Crippen molar-refractivity contribution in [1.29, 1.82) is 0 Å². The first kappa shape index (κ1) is 14.3. The summed E-state index contributed by atoms with van der Waals surface area (Å²) in [6, 6.07) is 11.5. The number of anilines is 1. The monoisotopic (exact) mass is 292 g/mol. The van der Waals surface area contributed by atoms with Crippen LogP contribution in [-0.2, 0) is 6.54 Å². The lowest BCUT2D eigenvalue weighted by atomic mass is 10.1. The number of rotatable bonds is 4. The van der Waals surface area contributed by atoms with Crippen molar-refractivity contribution in [3.63, 3.8) is 0 Å². The van der Waals surface area contributed by atoms with Crippen LogP contribution in [0.2, 0.25) is 5.02 Å². The van der Waals surface area contributed by atoms with Gasteiger partial charge in [-0.05, 0) is 30.3 Å². The second-order valence-corrected chi connectivity index (χ2v) is 4.62. The third-order valence-corrected chi connectivity index (χ3v) is 3.24. The Kier molecular flexibility index (Phi) is 4.58. The zero-order chi connectivity index (χ0) is 14.5. The van der Waals surface area contributed by atoms with E-state index in [1.54, 1.807) is 43.4 Å². The minimum Gasteiger partial charge on any atom is -0.381 e. The SMILES string of the molecule is CNC(=O)c1cccc(NCc2c(F)cccc2Cl)c1. The average molecular weight is 293 g/mol. The Morgan fingerprint density at radius 3 is 2.70 bits per heavy atom. The van der Waals surface area contributed by atoms with Crippen LogP contribution >= 0.6 is 11.6 Å². The highest BCUT2D eigenvalue weighted by molar-refractivity contribution is 6.31. The number of hydrogen-bond acceptors (Lipinski definition) is 2. The van der Waals surface area contributed by atoms with E-state index in [4.69, 9.17) is 11.6 Å². The minimum atomic E-state index is -0.354. The normalized spacial score (nSPS) is 10.2. The van der Waals surface area contributed by atoms with E-state index >= 15 is 0 Å². The van der Waals surface area contributed by atoms with Crippen LogP contribution in [0.15, 0.2) is 42.5 Å². The summed E-state index contributed by atoms with van der Waals surface area (Å²) in [5.74, 6) is -0.523. The molecule has 5 heteroatoms. The molecular weight excluding hydrogens is 279 g/mol. The maximum Gasteiger partial charge on any atom is 0.251 e. The number of hydrogen-bond donors (Lipinski definition) is 2. The first-order valence-electron chi connectivity index (χ1n) is 6.10. The van der Waals surface area contributed by atoms with Gasteiger partial charge < -0.3 is 10.6 Å². The van der Waals surface area contributed by atoms with E-state index in [2.05, 4.69) is 10.6 Å². The molecule has 2 aromatic rings. The predicted molar refractivity (Wildman–Crippen MR) is 78.6 cm³/mol. The number of amides is 1. The van der Waals surface area contributed by atoms with Crippen LogP contribution < -0.4 is 10.6 Å². The molecule has 0 aliphatic heterocycles. The lowest BCUT2D eigenvalue weighted by Crippen LogP contribution is -2.17. The van der Waals surface area contributed by atoms with Crippen molar-refractivity contribution in [3.8, 4) is 0 Å². The maximum atomic E-state index is 13.6. The quantitative estimate of drug-likeness (QED) is 0.906. The van der Waals surface area contributed by atoms with Gasteiger partial charge in [-0.25, -0.2) is 4.39 Å². The molecule has 0 unspecified atom stereocenters. The lowest BCUT2D eigenvalue weighted by molar-refractivity contribution is 0.0963. The molecule has 3 nitrogen and oxygen atoms in total. The average Bonchev–Trinajstić information content (AvgIpc) is 2.46. The van der Waals surface area contributed by atoms with Crippen LogP contribution in [0, 0.1) is 5.82 Å². The van der Waals surface area contributed by atoms with Gasteiger partial charge in [0.25, 0.3) is 5.91 Å². The van der Waals surface area contributed by atoms with Gasteiger partial charge in [0.1, 0.15) is 5.82 Å².